The molecule has 0 spiro atoms. The van der Waals surface area contributed by atoms with Gasteiger partial charge in [0.25, 0.3) is 0 Å². The van der Waals surface area contributed by atoms with Crippen LogP contribution in [0.25, 0.3) is 6.08 Å². The van der Waals surface area contributed by atoms with E-state index in [9.17, 15) is 4.79 Å². The van der Waals surface area contributed by atoms with Gasteiger partial charge in [-0.15, -0.1) is 23.7 Å². The second kappa shape index (κ2) is 19.3. The predicted molar refractivity (Wildman–Crippen MR) is 213 cm³/mol. The molecule has 2 aromatic heterocycles. The van der Waals surface area contributed by atoms with E-state index in [-0.39, 0.29) is 24.4 Å². The van der Waals surface area contributed by atoms with Crippen LogP contribution in [0.3, 0.4) is 0 Å². The number of hydrogen-bond donors (Lipinski definition) is 0. The Labute approximate surface area is 322 Å². The highest BCUT2D eigenvalue weighted by Crippen LogP contribution is 2.30. The number of thiazole rings is 1. The molecule has 6 rings (SSSR count). The minimum atomic E-state index is 0. The summed E-state index contributed by atoms with van der Waals surface area (Å²) in [6, 6.07) is 24.2. The molecule has 53 heavy (non-hydrogen) atoms. The lowest BCUT2D eigenvalue weighted by molar-refractivity contribution is -0.127. The standard InChI is InChI=1S/C42H46N4O5S.ClH/c1-30(2)50-37-12-10-36(11-13-37)48-22-17-33-5-7-34(8-6-33)27-45-18-20-46(21-19-45)41(47)16-9-35-23-31(3)42(32(4)24-35)51-40-15-14-38(25-44-40)49-28-39-26-43-29-52-39;/h5-16,23-26,29-30H,17-22,27-28H2,1-4H3;1H/b16-9+;. The van der Waals surface area contributed by atoms with Crippen molar-refractivity contribution in [1.29, 1.82) is 0 Å². The summed E-state index contributed by atoms with van der Waals surface area (Å²) in [7, 11) is 0. The lowest BCUT2D eigenvalue weighted by Gasteiger charge is -2.34. The van der Waals surface area contributed by atoms with Crippen molar-refractivity contribution in [3.63, 3.8) is 0 Å². The van der Waals surface area contributed by atoms with Crippen molar-refractivity contribution in [3.05, 3.63) is 129 Å². The van der Waals surface area contributed by atoms with Gasteiger partial charge in [-0.1, -0.05) is 24.3 Å². The summed E-state index contributed by atoms with van der Waals surface area (Å²) in [6.07, 6.45) is 8.01. The van der Waals surface area contributed by atoms with Crippen molar-refractivity contribution in [2.75, 3.05) is 32.8 Å². The topological polar surface area (TPSA) is 86.3 Å². The summed E-state index contributed by atoms with van der Waals surface area (Å²) in [5.74, 6) is 3.64. The molecule has 5 aromatic rings. The third kappa shape index (κ3) is 11.8. The van der Waals surface area contributed by atoms with Gasteiger partial charge in [-0.2, -0.15) is 0 Å². The average molecular weight is 755 g/mol. The molecule has 1 aliphatic rings. The van der Waals surface area contributed by atoms with Crippen LogP contribution in [-0.4, -0.2) is 64.6 Å². The molecule has 0 bridgehead atoms. The van der Waals surface area contributed by atoms with Gasteiger partial charge in [0.15, 0.2) is 0 Å². The van der Waals surface area contributed by atoms with Crippen molar-refractivity contribution in [2.45, 2.75) is 53.4 Å². The molecule has 1 fully saturated rings. The number of piperazine rings is 1. The molecule has 0 aliphatic carbocycles. The van der Waals surface area contributed by atoms with Gasteiger partial charge in [0.05, 0.1) is 29.3 Å². The molecule has 1 aliphatic heterocycles. The number of hydrogen-bond acceptors (Lipinski definition) is 9. The lowest BCUT2D eigenvalue weighted by Crippen LogP contribution is -2.47. The van der Waals surface area contributed by atoms with Gasteiger partial charge in [0.1, 0.15) is 29.6 Å². The smallest absolute Gasteiger partial charge is 0.246 e. The summed E-state index contributed by atoms with van der Waals surface area (Å²) in [5.41, 5.74) is 7.19. The highest BCUT2D eigenvalue weighted by atomic mass is 35.5. The maximum atomic E-state index is 13.1. The Balaban J connectivity index is 0.00000541. The molecule has 0 atom stereocenters. The number of rotatable bonds is 15. The first-order valence-electron chi connectivity index (χ1n) is 17.7. The Morgan fingerprint density at radius 3 is 2.17 bits per heavy atom. The van der Waals surface area contributed by atoms with E-state index in [1.165, 1.54) is 11.1 Å². The number of benzene rings is 3. The van der Waals surface area contributed by atoms with Crippen LogP contribution in [0.1, 0.15) is 46.5 Å². The number of carbonyl (C=O) groups is 1. The van der Waals surface area contributed by atoms with Crippen molar-refractivity contribution in [3.8, 4) is 28.9 Å². The summed E-state index contributed by atoms with van der Waals surface area (Å²) < 4.78 is 23.5. The fourth-order valence-corrected chi connectivity index (χ4v) is 6.47. The fraction of sp³-hybridized carbons (Fsp3) is 0.310. The number of pyridine rings is 1. The maximum absolute atomic E-state index is 13.1. The molecule has 1 amide bonds. The molecule has 278 valence electrons. The molecule has 0 saturated carbocycles. The Bertz CT molecular complexity index is 1890. The van der Waals surface area contributed by atoms with Gasteiger partial charge in [0.2, 0.25) is 11.8 Å². The van der Waals surface area contributed by atoms with Crippen LogP contribution in [0.2, 0.25) is 0 Å². The van der Waals surface area contributed by atoms with Gasteiger partial charge in [0, 0.05) is 57.5 Å². The summed E-state index contributed by atoms with van der Waals surface area (Å²) in [5, 5.41) is 0. The molecular formula is C42H47ClN4O5S. The Kier molecular flexibility index (Phi) is 14.3. The van der Waals surface area contributed by atoms with Gasteiger partial charge in [-0.05, 0) is 104 Å². The summed E-state index contributed by atoms with van der Waals surface area (Å²) >= 11 is 1.55. The molecular weight excluding hydrogens is 708 g/mol. The fourth-order valence-electron chi connectivity index (χ4n) is 5.97. The van der Waals surface area contributed by atoms with E-state index in [1.54, 1.807) is 41.4 Å². The number of aromatic nitrogens is 2. The van der Waals surface area contributed by atoms with E-state index in [1.807, 2.05) is 81.1 Å². The second-order valence-corrected chi connectivity index (χ2v) is 14.1. The van der Waals surface area contributed by atoms with Gasteiger partial charge >= 0.3 is 0 Å². The Morgan fingerprint density at radius 1 is 0.849 bits per heavy atom. The molecule has 0 unspecified atom stereocenters. The SMILES string of the molecule is Cc1cc(/C=C/C(=O)N2CCN(Cc3ccc(CCOc4ccc(OC(C)C)cc4)cc3)CC2)cc(C)c1Oc1ccc(OCc2cncs2)cn1.Cl. The molecule has 0 radical (unpaired) electrons. The van der Waals surface area contributed by atoms with E-state index in [4.69, 9.17) is 18.9 Å². The number of aryl methyl sites for hydroxylation is 2. The van der Waals surface area contributed by atoms with Crippen LogP contribution < -0.4 is 18.9 Å². The minimum absolute atomic E-state index is 0. The van der Waals surface area contributed by atoms with Gasteiger partial charge in [-0.3, -0.25) is 14.7 Å². The van der Waals surface area contributed by atoms with Crippen molar-refractivity contribution in [1.82, 2.24) is 19.8 Å². The van der Waals surface area contributed by atoms with E-state index >= 15 is 0 Å². The predicted octanol–water partition coefficient (Wildman–Crippen LogP) is 8.71. The van der Waals surface area contributed by atoms with E-state index < -0.39 is 0 Å². The van der Waals surface area contributed by atoms with Crippen molar-refractivity contribution < 1.29 is 23.7 Å². The molecule has 3 heterocycles. The van der Waals surface area contributed by atoms with Crippen molar-refractivity contribution >= 4 is 35.7 Å². The monoisotopic (exact) mass is 754 g/mol. The number of nitrogens with zero attached hydrogens (tertiary/aromatic N) is 4. The van der Waals surface area contributed by atoms with Crippen LogP contribution in [0.4, 0.5) is 0 Å². The van der Waals surface area contributed by atoms with E-state index in [0.717, 1.165) is 64.9 Å². The largest absolute Gasteiger partial charge is 0.493 e. The van der Waals surface area contributed by atoms with Crippen LogP contribution in [-0.2, 0) is 24.4 Å². The average Bonchev–Trinajstić information content (AvgIpc) is 3.67. The van der Waals surface area contributed by atoms with E-state index in [0.29, 0.717) is 37.9 Å². The lowest BCUT2D eigenvalue weighted by atomic mass is 10.1. The van der Waals surface area contributed by atoms with Gasteiger partial charge in [-0.25, -0.2) is 4.98 Å². The first-order chi connectivity index (χ1) is 25.3. The zero-order chi connectivity index (χ0) is 36.3. The normalized spacial score (nSPS) is 13.2. The minimum Gasteiger partial charge on any atom is -0.493 e. The zero-order valence-electron chi connectivity index (χ0n) is 30.7. The number of ether oxygens (including phenoxy) is 4. The second-order valence-electron chi connectivity index (χ2n) is 13.2. The first kappa shape index (κ1) is 39.3. The maximum Gasteiger partial charge on any atom is 0.246 e. The van der Waals surface area contributed by atoms with Crippen LogP contribution >= 0.6 is 23.7 Å². The quantitative estimate of drug-likeness (QED) is 0.0982. The van der Waals surface area contributed by atoms with Crippen LogP contribution in [0.15, 0.2) is 96.8 Å². The van der Waals surface area contributed by atoms with Gasteiger partial charge < -0.3 is 23.8 Å². The molecule has 9 nitrogen and oxygen atoms in total. The molecule has 3 aromatic carbocycles. The first-order valence-corrected chi connectivity index (χ1v) is 18.6. The molecule has 11 heteroatoms. The third-order valence-corrected chi connectivity index (χ3v) is 9.40. The van der Waals surface area contributed by atoms with Crippen LogP contribution in [0, 0.1) is 13.8 Å². The highest BCUT2D eigenvalue weighted by Gasteiger charge is 2.20. The number of amides is 1. The Hall–Kier alpha value is -4.90. The third-order valence-electron chi connectivity index (χ3n) is 8.65. The Morgan fingerprint density at radius 2 is 1.53 bits per heavy atom. The summed E-state index contributed by atoms with van der Waals surface area (Å²) in [4.78, 5) is 26.9. The number of carbonyl (C=O) groups excluding carboxylic acids is 1. The summed E-state index contributed by atoms with van der Waals surface area (Å²) in [6.45, 7) is 13.1. The molecule has 0 N–H and O–H groups in total. The highest BCUT2D eigenvalue weighted by molar-refractivity contribution is 7.09. The zero-order valence-corrected chi connectivity index (χ0v) is 32.3. The van der Waals surface area contributed by atoms with Crippen molar-refractivity contribution in [2.24, 2.45) is 0 Å². The number of halogens is 1. The molecule has 1 saturated heterocycles. The van der Waals surface area contributed by atoms with E-state index in [2.05, 4.69) is 39.1 Å². The van der Waals surface area contributed by atoms with Crippen LogP contribution in [0.5, 0.6) is 28.9 Å².